The van der Waals surface area contributed by atoms with Crippen molar-refractivity contribution in [2.24, 2.45) is 5.73 Å². The minimum absolute atomic E-state index is 0.0712. The highest BCUT2D eigenvalue weighted by Crippen LogP contribution is 2.21. The number of carbonyl (C=O) groups is 1. The number of amides is 1. The molecule has 0 saturated carbocycles. The fraction of sp³-hybridized carbons (Fsp3) is 0.167. The lowest BCUT2D eigenvalue weighted by molar-refractivity contribution is -0.117. The molecule has 0 aliphatic carbocycles. The first kappa shape index (κ1) is 19.6. The van der Waals surface area contributed by atoms with Gasteiger partial charge >= 0.3 is 0 Å². The lowest BCUT2D eigenvalue weighted by Gasteiger charge is -2.10. The van der Waals surface area contributed by atoms with Crippen LogP contribution < -0.4 is 10.5 Å². The molecule has 0 aliphatic heterocycles. The molecule has 0 saturated heterocycles. The van der Waals surface area contributed by atoms with E-state index in [1.165, 1.54) is 0 Å². The number of sulfonamides is 1. The van der Waals surface area contributed by atoms with Crippen LogP contribution in [0.25, 0.3) is 11.4 Å². The Labute approximate surface area is 160 Å². The minimum Gasteiger partial charge on any atom is -0.369 e. The molecular formula is C18H17FN4O4S. The topological polar surface area (TPSA) is 128 Å². The van der Waals surface area contributed by atoms with E-state index in [2.05, 4.69) is 14.9 Å². The summed E-state index contributed by atoms with van der Waals surface area (Å²) in [5.41, 5.74) is 6.54. The van der Waals surface area contributed by atoms with Crippen LogP contribution in [0, 0.1) is 5.82 Å². The van der Waals surface area contributed by atoms with E-state index in [1.807, 2.05) is 0 Å². The van der Waals surface area contributed by atoms with Gasteiger partial charge in [0.1, 0.15) is 5.82 Å². The number of aromatic nitrogens is 2. The molecule has 0 fully saturated rings. The summed E-state index contributed by atoms with van der Waals surface area (Å²) in [6.07, 6.45) is 0.125. The molecule has 1 unspecified atom stereocenters. The zero-order valence-electron chi connectivity index (χ0n) is 14.8. The number of rotatable bonds is 7. The molecule has 3 aromatic rings. The molecule has 0 aliphatic rings. The van der Waals surface area contributed by atoms with Crippen molar-refractivity contribution in [3.05, 3.63) is 65.8 Å². The molecule has 2 aromatic carbocycles. The zero-order chi connectivity index (χ0) is 20.3. The molecule has 3 N–H and O–H groups in total. The number of nitrogens with zero attached hydrogens (tertiary/aromatic N) is 2. The maximum absolute atomic E-state index is 13.0. The summed E-state index contributed by atoms with van der Waals surface area (Å²) in [6, 6.07) is 10.5. The van der Waals surface area contributed by atoms with Gasteiger partial charge in [0.15, 0.2) is 0 Å². The van der Waals surface area contributed by atoms with Crippen molar-refractivity contribution in [3.8, 4) is 11.4 Å². The Hall–Kier alpha value is -3.11. The van der Waals surface area contributed by atoms with Gasteiger partial charge in [-0.05, 0) is 36.8 Å². The number of nitrogens with one attached hydrogen (secondary N) is 1. The van der Waals surface area contributed by atoms with Crippen molar-refractivity contribution in [1.29, 1.82) is 0 Å². The largest absolute Gasteiger partial charge is 0.369 e. The van der Waals surface area contributed by atoms with Crippen LogP contribution in [0.5, 0.6) is 0 Å². The predicted molar refractivity (Wildman–Crippen MR) is 97.8 cm³/mol. The van der Waals surface area contributed by atoms with Crippen molar-refractivity contribution in [2.45, 2.75) is 24.3 Å². The molecule has 1 heterocycles. The van der Waals surface area contributed by atoms with Crippen LogP contribution in [0.2, 0.25) is 0 Å². The molecule has 10 heteroatoms. The first-order chi connectivity index (χ1) is 13.2. The van der Waals surface area contributed by atoms with Crippen LogP contribution in [0.1, 0.15) is 24.4 Å². The maximum atomic E-state index is 13.0. The van der Waals surface area contributed by atoms with Gasteiger partial charge in [-0.25, -0.2) is 12.8 Å². The lowest BCUT2D eigenvalue weighted by Crippen LogP contribution is -2.27. The molecular weight excluding hydrogens is 387 g/mol. The zero-order valence-corrected chi connectivity index (χ0v) is 15.6. The van der Waals surface area contributed by atoms with E-state index >= 15 is 0 Å². The van der Waals surface area contributed by atoms with Gasteiger partial charge in [0, 0.05) is 5.56 Å². The maximum Gasteiger partial charge on any atom is 0.244 e. The number of primary amides is 1. The van der Waals surface area contributed by atoms with E-state index in [4.69, 9.17) is 10.3 Å². The van der Waals surface area contributed by atoms with Gasteiger partial charge in [-0.15, -0.1) is 0 Å². The first-order valence-corrected chi connectivity index (χ1v) is 9.72. The van der Waals surface area contributed by atoms with E-state index in [1.54, 1.807) is 31.2 Å². The number of hydrogen-bond donors (Lipinski definition) is 2. The van der Waals surface area contributed by atoms with Crippen LogP contribution in [-0.2, 0) is 21.2 Å². The highest BCUT2D eigenvalue weighted by Gasteiger charge is 2.22. The summed E-state index contributed by atoms with van der Waals surface area (Å²) in [5.74, 6) is -0.623. The second-order valence-electron chi connectivity index (χ2n) is 6.09. The molecule has 3 rings (SSSR count). The SMILES string of the molecule is CC(NS(=O)(=O)c1ccc(F)cc1)c1nc(-c2ccc(CC(N)=O)cc2)no1. The smallest absolute Gasteiger partial charge is 0.244 e. The van der Waals surface area contributed by atoms with E-state index in [-0.39, 0.29) is 23.0 Å². The predicted octanol–water partition coefficient (Wildman–Crippen LogP) is 1.94. The Balaban J connectivity index is 1.74. The summed E-state index contributed by atoms with van der Waals surface area (Å²) in [7, 11) is -3.89. The average Bonchev–Trinajstić information content (AvgIpc) is 3.12. The fourth-order valence-corrected chi connectivity index (χ4v) is 3.66. The second-order valence-corrected chi connectivity index (χ2v) is 7.81. The average molecular weight is 404 g/mol. The van der Waals surface area contributed by atoms with Gasteiger partial charge in [-0.3, -0.25) is 4.79 Å². The Morgan fingerprint density at radius 2 is 1.82 bits per heavy atom. The number of halogens is 1. The molecule has 146 valence electrons. The van der Waals surface area contributed by atoms with Crippen molar-refractivity contribution in [2.75, 3.05) is 0 Å². The van der Waals surface area contributed by atoms with E-state index in [9.17, 15) is 17.6 Å². The Morgan fingerprint density at radius 3 is 2.43 bits per heavy atom. The van der Waals surface area contributed by atoms with Crippen molar-refractivity contribution in [3.63, 3.8) is 0 Å². The molecule has 1 amide bonds. The van der Waals surface area contributed by atoms with Gasteiger partial charge in [0.25, 0.3) is 0 Å². The van der Waals surface area contributed by atoms with Gasteiger partial charge < -0.3 is 10.3 Å². The standard InChI is InChI=1S/C18H17FN4O4S/c1-11(23-28(25,26)15-8-6-14(19)7-9-15)18-21-17(22-27-18)13-4-2-12(3-5-13)10-16(20)24/h2-9,11,23H,10H2,1H3,(H2,20,24). The molecule has 1 aromatic heterocycles. The monoisotopic (exact) mass is 404 g/mol. The number of benzene rings is 2. The van der Waals surface area contributed by atoms with Crippen LogP contribution in [0.15, 0.2) is 57.9 Å². The summed E-state index contributed by atoms with van der Waals surface area (Å²) in [5, 5.41) is 3.85. The molecule has 0 bridgehead atoms. The third kappa shape index (κ3) is 4.59. The third-order valence-electron chi connectivity index (χ3n) is 3.86. The van der Waals surface area contributed by atoms with Gasteiger partial charge in [0.2, 0.25) is 27.6 Å². The highest BCUT2D eigenvalue weighted by molar-refractivity contribution is 7.89. The Morgan fingerprint density at radius 1 is 1.18 bits per heavy atom. The van der Waals surface area contributed by atoms with Gasteiger partial charge in [-0.2, -0.15) is 9.71 Å². The van der Waals surface area contributed by atoms with Crippen molar-refractivity contribution in [1.82, 2.24) is 14.9 Å². The van der Waals surface area contributed by atoms with Crippen LogP contribution in [0.3, 0.4) is 0 Å². The summed E-state index contributed by atoms with van der Waals surface area (Å²) >= 11 is 0. The quantitative estimate of drug-likeness (QED) is 0.619. The molecule has 0 spiro atoms. The normalized spacial score (nSPS) is 12.6. The van der Waals surface area contributed by atoms with E-state index in [0.29, 0.717) is 5.56 Å². The second kappa shape index (κ2) is 7.87. The number of nitrogens with two attached hydrogens (primary N) is 1. The summed E-state index contributed by atoms with van der Waals surface area (Å²) in [4.78, 5) is 15.1. The third-order valence-corrected chi connectivity index (χ3v) is 5.42. The summed E-state index contributed by atoms with van der Waals surface area (Å²) < 4.78 is 45.3. The van der Waals surface area contributed by atoms with Crippen LogP contribution in [0.4, 0.5) is 4.39 Å². The molecule has 1 atom stereocenters. The van der Waals surface area contributed by atoms with E-state index < -0.39 is 27.8 Å². The number of carbonyl (C=O) groups excluding carboxylic acids is 1. The lowest BCUT2D eigenvalue weighted by atomic mass is 10.1. The molecule has 28 heavy (non-hydrogen) atoms. The van der Waals surface area contributed by atoms with Gasteiger partial charge in [0.05, 0.1) is 17.4 Å². The van der Waals surface area contributed by atoms with Crippen LogP contribution >= 0.6 is 0 Å². The summed E-state index contributed by atoms with van der Waals surface area (Å²) in [6.45, 7) is 1.55. The fourth-order valence-electron chi connectivity index (χ4n) is 2.47. The van der Waals surface area contributed by atoms with Crippen molar-refractivity contribution < 1.29 is 22.1 Å². The molecule has 0 radical (unpaired) electrons. The highest BCUT2D eigenvalue weighted by atomic mass is 32.2. The Bertz CT molecular complexity index is 1080. The van der Waals surface area contributed by atoms with Crippen molar-refractivity contribution >= 4 is 15.9 Å². The van der Waals surface area contributed by atoms with E-state index in [0.717, 1.165) is 29.8 Å². The number of hydrogen-bond acceptors (Lipinski definition) is 6. The van der Waals surface area contributed by atoms with Crippen LogP contribution in [-0.4, -0.2) is 24.5 Å². The first-order valence-electron chi connectivity index (χ1n) is 8.24. The Kier molecular flexibility index (Phi) is 5.52. The van der Waals surface area contributed by atoms with Gasteiger partial charge in [-0.1, -0.05) is 29.4 Å². The molecule has 8 nitrogen and oxygen atoms in total. The minimum atomic E-state index is -3.89.